The number of carbonyl (C=O) groups excluding carboxylic acids is 1. The Labute approximate surface area is 187 Å². The summed E-state index contributed by atoms with van der Waals surface area (Å²) >= 11 is 1.67. The van der Waals surface area contributed by atoms with Crippen molar-refractivity contribution in [3.05, 3.63) is 42.0 Å². The maximum absolute atomic E-state index is 12.5. The molecule has 2 fully saturated rings. The first kappa shape index (κ1) is 20.4. The highest BCUT2D eigenvalue weighted by Crippen LogP contribution is 2.39. The van der Waals surface area contributed by atoms with E-state index < -0.39 is 0 Å². The largest absolute Gasteiger partial charge is 0.356 e. The molecule has 0 spiro atoms. The molecule has 5 rings (SSSR count). The van der Waals surface area contributed by atoms with Crippen LogP contribution >= 0.6 is 11.3 Å². The Kier molecular flexibility index (Phi) is 6.13. The number of hydrogen-bond acceptors (Lipinski definition) is 6. The van der Waals surface area contributed by atoms with Crippen molar-refractivity contribution in [2.24, 2.45) is 5.92 Å². The number of amides is 1. The number of anilines is 1. The Bertz CT molecular complexity index is 1030. The summed E-state index contributed by atoms with van der Waals surface area (Å²) in [4.78, 5) is 27.4. The van der Waals surface area contributed by atoms with Crippen LogP contribution in [0.25, 0.3) is 21.3 Å². The van der Waals surface area contributed by atoms with Crippen molar-refractivity contribution in [3.8, 4) is 11.1 Å². The minimum Gasteiger partial charge on any atom is -0.356 e. The van der Waals surface area contributed by atoms with E-state index >= 15 is 0 Å². The standard InChI is InChI=1S/C24H29N5OS/c30-21(25-9-13-28-10-4-5-11-28)14-18-8-12-29(15-18)23-22-20(19-6-2-1-3-7-19)16-31-24(22)27-17-26-23/h1-3,6-7,16-18H,4-5,8-15H2,(H,25,30). The van der Waals surface area contributed by atoms with Gasteiger partial charge in [-0.25, -0.2) is 9.97 Å². The van der Waals surface area contributed by atoms with Gasteiger partial charge in [0, 0.05) is 43.5 Å². The van der Waals surface area contributed by atoms with Gasteiger partial charge >= 0.3 is 0 Å². The van der Waals surface area contributed by atoms with Gasteiger partial charge in [-0.3, -0.25) is 4.79 Å². The molecule has 2 saturated heterocycles. The lowest BCUT2D eigenvalue weighted by Gasteiger charge is -2.19. The predicted octanol–water partition coefficient (Wildman–Crippen LogP) is 3.79. The van der Waals surface area contributed by atoms with E-state index in [9.17, 15) is 4.79 Å². The molecule has 6 nitrogen and oxygen atoms in total. The fourth-order valence-electron chi connectivity index (χ4n) is 4.81. The minimum absolute atomic E-state index is 0.180. The molecule has 1 atom stereocenters. The van der Waals surface area contributed by atoms with E-state index in [4.69, 9.17) is 0 Å². The number of nitrogens with one attached hydrogen (secondary N) is 1. The summed E-state index contributed by atoms with van der Waals surface area (Å²) in [5.74, 6) is 1.55. The molecule has 1 N–H and O–H groups in total. The van der Waals surface area contributed by atoms with Gasteiger partial charge in [0.2, 0.25) is 5.91 Å². The highest BCUT2D eigenvalue weighted by molar-refractivity contribution is 7.17. The maximum Gasteiger partial charge on any atom is 0.220 e. The molecule has 1 aromatic carbocycles. The van der Waals surface area contributed by atoms with Gasteiger partial charge in [-0.2, -0.15) is 0 Å². The smallest absolute Gasteiger partial charge is 0.220 e. The quantitative estimate of drug-likeness (QED) is 0.612. The fraction of sp³-hybridized carbons (Fsp3) is 0.458. The second-order valence-electron chi connectivity index (χ2n) is 8.60. The Balaban J connectivity index is 1.23. The molecule has 0 radical (unpaired) electrons. The number of nitrogens with zero attached hydrogens (tertiary/aromatic N) is 4. The molecule has 2 aliphatic heterocycles. The van der Waals surface area contributed by atoms with Crippen molar-refractivity contribution in [2.45, 2.75) is 25.7 Å². The third kappa shape index (κ3) is 4.57. The lowest BCUT2D eigenvalue weighted by Crippen LogP contribution is -2.34. The van der Waals surface area contributed by atoms with Crippen LogP contribution < -0.4 is 10.2 Å². The van der Waals surface area contributed by atoms with E-state index in [2.05, 4.69) is 54.7 Å². The zero-order valence-electron chi connectivity index (χ0n) is 17.8. The maximum atomic E-state index is 12.5. The van der Waals surface area contributed by atoms with Crippen LogP contribution in [0.1, 0.15) is 25.7 Å². The lowest BCUT2D eigenvalue weighted by atomic mass is 10.0. The summed E-state index contributed by atoms with van der Waals surface area (Å²) in [7, 11) is 0. The molecule has 2 aliphatic rings. The summed E-state index contributed by atoms with van der Waals surface area (Å²) in [6.07, 6.45) is 5.87. The average Bonchev–Trinajstić information content (AvgIpc) is 3.55. The highest BCUT2D eigenvalue weighted by atomic mass is 32.1. The summed E-state index contributed by atoms with van der Waals surface area (Å²) in [6.45, 7) is 5.89. The van der Waals surface area contributed by atoms with Crippen LogP contribution in [-0.4, -0.2) is 60.0 Å². The zero-order chi connectivity index (χ0) is 21.0. The molecular weight excluding hydrogens is 406 g/mol. The van der Waals surface area contributed by atoms with E-state index in [1.165, 1.54) is 37.1 Å². The summed E-state index contributed by atoms with van der Waals surface area (Å²) in [5.41, 5.74) is 2.39. The molecule has 3 aromatic rings. The topological polar surface area (TPSA) is 61.4 Å². The number of thiophene rings is 1. The first-order valence-corrected chi connectivity index (χ1v) is 12.2. The van der Waals surface area contributed by atoms with Gasteiger partial charge in [0.15, 0.2) is 0 Å². The van der Waals surface area contributed by atoms with Crippen LogP contribution in [0.3, 0.4) is 0 Å². The van der Waals surface area contributed by atoms with Crippen LogP contribution in [0.4, 0.5) is 5.82 Å². The fourth-order valence-corrected chi connectivity index (χ4v) is 5.73. The second-order valence-corrected chi connectivity index (χ2v) is 9.45. The van der Waals surface area contributed by atoms with Crippen LogP contribution in [0, 0.1) is 5.92 Å². The number of aromatic nitrogens is 2. The summed E-state index contributed by atoms with van der Waals surface area (Å²) in [6, 6.07) is 10.4. The third-order valence-electron chi connectivity index (χ3n) is 6.44. The first-order valence-electron chi connectivity index (χ1n) is 11.3. The summed E-state index contributed by atoms with van der Waals surface area (Å²) in [5, 5.41) is 6.44. The van der Waals surface area contributed by atoms with E-state index in [1.807, 2.05) is 6.07 Å². The van der Waals surface area contributed by atoms with Crippen molar-refractivity contribution >= 4 is 33.3 Å². The summed E-state index contributed by atoms with van der Waals surface area (Å²) < 4.78 is 0. The van der Waals surface area contributed by atoms with E-state index in [0.717, 1.165) is 48.6 Å². The Hall–Kier alpha value is -2.51. The SMILES string of the molecule is O=C(CC1CCN(c2ncnc3scc(-c4ccccc4)c23)C1)NCCN1CCCC1. The van der Waals surface area contributed by atoms with Gasteiger partial charge in [0.1, 0.15) is 17.0 Å². The molecule has 1 unspecified atom stereocenters. The van der Waals surface area contributed by atoms with Crippen LogP contribution in [0.15, 0.2) is 42.0 Å². The van der Waals surface area contributed by atoms with E-state index in [0.29, 0.717) is 12.3 Å². The minimum atomic E-state index is 0.180. The van der Waals surface area contributed by atoms with Crippen molar-refractivity contribution in [3.63, 3.8) is 0 Å². The molecule has 0 saturated carbocycles. The Morgan fingerprint density at radius 1 is 1.13 bits per heavy atom. The van der Waals surface area contributed by atoms with Crippen molar-refractivity contribution in [2.75, 3.05) is 44.2 Å². The molecule has 0 bridgehead atoms. The molecule has 162 valence electrons. The normalized spacial score (nSPS) is 19.4. The van der Waals surface area contributed by atoms with Gasteiger partial charge in [-0.05, 0) is 43.8 Å². The second kappa shape index (κ2) is 9.32. The Morgan fingerprint density at radius 2 is 1.97 bits per heavy atom. The van der Waals surface area contributed by atoms with Gasteiger partial charge in [-0.1, -0.05) is 30.3 Å². The number of hydrogen-bond donors (Lipinski definition) is 1. The third-order valence-corrected chi connectivity index (χ3v) is 7.33. The van der Waals surface area contributed by atoms with E-state index in [-0.39, 0.29) is 5.91 Å². The van der Waals surface area contributed by atoms with Crippen LogP contribution in [-0.2, 0) is 4.79 Å². The van der Waals surface area contributed by atoms with Crippen molar-refractivity contribution < 1.29 is 4.79 Å². The molecule has 7 heteroatoms. The first-order chi connectivity index (χ1) is 15.3. The van der Waals surface area contributed by atoms with Crippen molar-refractivity contribution in [1.29, 1.82) is 0 Å². The number of fused-ring (bicyclic) bond motifs is 1. The molecular formula is C24H29N5OS. The van der Waals surface area contributed by atoms with Crippen molar-refractivity contribution in [1.82, 2.24) is 20.2 Å². The van der Waals surface area contributed by atoms with Crippen LogP contribution in [0.2, 0.25) is 0 Å². The Morgan fingerprint density at radius 3 is 2.81 bits per heavy atom. The molecule has 31 heavy (non-hydrogen) atoms. The molecule has 0 aliphatic carbocycles. The number of carbonyl (C=O) groups is 1. The highest BCUT2D eigenvalue weighted by Gasteiger charge is 2.28. The number of benzene rings is 1. The van der Waals surface area contributed by atoms with E-state index in [1.54, 1.807) is 17.7 Å². The average molecular weight is 436 g/mol. The lowest BCUT2D eigenvalue weighted by molar-refractivity contribution is -0.121. The van der Waals surface area contributed by atoms with Gasteiger partial charge < -0.3 is 15.1 Å². The zero-order valence-corrected chi connectivity index (χ0v) is 18.6. The molecule has 1 amide bonds. The van der Waals surface area contributed by atoms with Gasteiger partial charge in [0.05, 0.1) is 5.39 Å². The molecule has 4 heterocycles. The van der Waals surface area contributed by atoms with Gasteiger partial charge in [0.25, 0.3) is 0 Å². The van der Waals surface area contributed by atoms with Crippen LogP contribution in [0.5, 0.6) is 0 Å². The molecule has 2 aromatic heterocycles. The number of likely N-dealkylation sites (tertiary alicyclic amines) is 1. The predicted molar refractivity (Wildman–Crippen MR) is 126 cm³/mol. The number of rotatable bonds is 7. The monoisotopic (exact) mass is 435 g/mol. The van der Waals surface area contributed by atoms with Gasteiger partial charge in [-0.15, -0.1) is 11.3 Å².